The van der Waals surface area contributed by atoms with Crippen molar-refractivity contribution in [2.75, 3.05) is 13.1 Å². The summed E-state index contributed by atoms with van der Waals surface area (Å²) in [7, 11) is 0. The van der Waals surface area contributed by atoms with E-state index in [1.165, 1.54) is 0 Å². The first kappa shape index (κ1) is 15.3. The highest BCUT2D eigenvalue weighted by Gasteiger charge is 2.30. The van der Waals surface area contributed by atoms with Crippen LogP contribution < -0.4 is 0 Å². The number of amides is 2. The number of hydrogen-bond acceptors (Lipinski definition) is 2. The molecule has 0 aromatic rings. The van der Waals surface area contributed by atoms with Crippen molar-refractivity contribution in [3.8, 4) is 0 Å². The van der Waals surface area contributed by atoms with E-state index in [4.69, 9.17) is 0 Å². The van der Waals surface area contributed by atoms with Gasteiger partial charge in [-0.1, -0.05) is 13.3 Å². The Balaban J connectivity index is 1.95. The van der Waals surface area contributed by atoms with Crippen LogP contribution in [0.25, 0.3) is 0 Å². The third-order valence-electron chi connectivity index (χ3n) is 4.78. The maximum Gasteiger partial charge on any atom is 0.222 e. The molecule has 2 heterocycles. The van der Waals surface area contributed by atoms with E-state index < -0.39 is 0 Å². The summed E-state index contributed by atoms with van der Waals surface area (Å²) in [5.41, 5.74) is 0. The van der Waals surface area contributed by atoms with Crippen molar-refractivity contribution in [2.45, 2.75) is 77.3 Å². The molecule has 0 aromatic heterocycles. The normalized spacial score (nSPS) is 23.9. The Morgan fingerprint density at radius 1 is 0.950 bits per heavy atom. The lowest BCUT2D eigenvalue weighted by atomic mass is 10.0. The highest BCUT2D eigenvalue weighted by atomic mass is 16.2. The van der Waals surface area contributed by atoms with Gasteiger partial charge in [0.25, 0.3) is 0 Å². The van der Waals surface area contributed by atoms with Crippen LogP contribution in [-0.2, 0) is 9.59 Å². The number of likely N-dealkylation sites (tertiary alicyclic amines) is 2. The third-order valence-corrected chi connectivity index (χ3v) is 4.78. The molecule has 2 amide bonds. The number of nitrogens with zero attached hydrogens (tertiary/aromatic N) is 2. The first-order valence-corrected chi connectivity index (χ1v) is 8.22. The van der Waals surface area contributed by atoms with E-state index in [-0.39, 0.29) is 6.04 Å². The minimum atomic E-state index is 0.249. The van der Waals surface area contributed by atoms with Crippen molar-refractivity contribution in [1.29, 1.82) is 0 Å². The standard InChI is InChI=1S/C16H28N2O2/c1-3-14(18-11-7-9-16(18)20)12-13(2)17-10-6-4-5-8-15(17)19/h13-14H,3-12H2,1-2H3. The fraction of sp³-hybridized carbons (Fsp3) is 0.875. The zero-order valence-corrected chi connectivity index (χ0v) is 12.9. The highest BCUT2D eigenvalue weighted by molar-refractivity contribution is 5.78. The molecule has 0 aliphatic carbocycles. The van der Waals surface area contributed by atoms with Gasteiger partial charge in [0, 0.05) is 38.0 Å². The predicted octanol–water partition coefficient (Wildman–Crippen LogP) is 2.57. The molecule has 20 heavy (non-hydrogen) atoms. The van der Waals surface area contributed by atoms with Crippen molar-refractivity contribution >= 4 is 11.8 Å². The van der Waals surface area contributed by atoms with Gasteiger partial charge >= 0.3 is 0 Å². The van der Waals surface area contributed by atoms with Crippen molar-refractivity contribution in [2.24, 2.45) is 0 Å². The van der Waals surface area contributed by atoms with Crippen LogP contribution >= 0.6 is 0 Å². The van der Waals surface area contributed by atoms with Crippen LogP contribution in [0.5, 0.6) is 0 Å². The molecule has 0 radical (unpaired) electrons. The average Bonchev–Trinajstić information content (AvgIpc) is 2.73. The fourth-order valence-corrected chi connectivity index (χ4v) is 3.56. The first-order chi connectivity index (χ1) is 9.63. The van der Waals surface area contributed by atoms with Gasteiger partial charge in [0.2, 0.25) is 11.8 Å². The van der Waals surface area contributed by atoms with Crippen LogP contribution in [0.1, 0.15) is 65.2 Å². The zero-order valence-electron chi connectivity index (χ0n) is 12.9. The van der Waals surface area contributed by atoms with Gasteiger partial charge < -0.3 is 9.80 Å². The van der Waals surface area contributed by atoms with Gasteiger partial charge in [-0.3, -0.25) is 9.59 Å². The van der Waals surface area contributed by atoms with E-state index in [0.29, 0.717) is 30.7 Å². The Bertz CT molecular complexity index is 356. The molecule has 114 valence electrons. The Kier molecular flexibility index (Phi) is 5.44. The molecule has 0 aromatic carbocycles. The van der Waals surface area contributed by atoms with Crippen molar-refractivity contribution in [3.63, 3.8) is 0 Å². The van der Waals surface area contributed by atoms with Crippen LogP contribution in [0, 0.1) is 0 Å². The molecule has 2 unspecified atom stereocenters. The molecule has 4 heteroatoms. The number of hydrogen-bond donors (Lipinski definition) is 0. The summed E-state index contributed by atoms with van der Waals surface area (Å²) in [6.07, 6.45) is 7.62. The molecule has 2 rings (SSSR count). The summed E-state index contributed by atoms with van der Waals surface area (Å²) in [6, 6.07) is 0.551. The van der Waals surface area contributed by atoms with Crippen LogP contribution in [0.2, 0.25) is 0 Å². The average molecular weight is 280 g/mol. The Morgan fingerprint density at radius 2 is 1.60 bits per heavy atom. The van der Waals surface area contributed by atoms with Crippen LogP contribution in [0.4, 0.5) is 0 Å². The van der Waals surface area contributed by atoms with E-state index in [0.717, 1.165) is 51.6 Å². The zero-order chi connectivity index (χ0) is 14.5. The molecule has 0 N–H and O–H groups in total. The van der Waals surface area contributed by atoms with Crippen LogP contribution in [-0.4, -0.2) is 46.8 Å². The lowest BCUT2D eigenvalue weighted by molar-refractivity contribution is -0.133. The van der Waals surface area contributed by atoms with Gasteiger partial charge in [-0.2, -0.15) is 0 Å². The van der Waals surface area contributed by atoms with Crippen molar-refractivity contribution in [1.82, 2.24) is 9.80 Å². The minimum Gasteiger partial charge on any atom is -0.340 e. The highest BCUT2D eigenvalue weighted by Crippen LogP contribution is 2.23. The van der Waals surface area contributed by atoms with E-state index in [1.54, 1.807) is 0 Å². The molecule has 2 aliphatic rings. The second kappa shape index (κ2) is 7.09. The van der Waals surface area contributed by atoms with Crippen LogP contribution in [0.3, 0.4) is 0 Å². The molecule has 2 aliphatic heterocycles. The lowest BCUT2D eigenvalue weighted by Gasteiger charge is -2.34. The Hall–Kier alpha value is -1.06. The van der Waals surface area contributed by atoms with Crippen molar-refractivity contribution < 1.29 is 9.59 Å². The topological polar surface area (TPSA) is 40.6 Å². The van der Waals surface area contributed by atoms with Gasteiger partial charge in [-0.25, -0.2) is 0 Å². The molecule has 2 fully saturated rings. The summed E-state index contributed by atoms with van der Waals surface area (Å²) in [6.45, 7) is 6.09. The Morgan fingerprint density at radius 3 is 2.25 bits per heavy atom. The SMILES string of the molecule is CCC(CC(C)N1CCCCCC1=O)N1CCCC1=O. The largest absolute Gasteiger partial charge is 0.340 e. The monoisotopic (exact) mass is 280 g/mol. The Labute approximate surface area is 122 Å². The smallest absolute Gasteiger partial charge is 0.222 e. The summed E-state index contributed by atoms with van der Waals surface area (Å²) in [4.78, 5) is 28.1. The van der Waals surface area contributed by atoms with Gasteiger partial charge in [0.05, 0.1) is 0 Å². The maximum atomic E-state index is 12.2. The van der Waals surface area contributed by atoms with E-state index in [1.807, 2.05) is 4.90 Å². The molecule has 4 nitrogen and oxygen atoms in total. The first-order valence-electron chi connectivity index (χ1n) is 8.22. The fourth-order valence-electron chi connectivity index (χ4n) is 3.56. The number of carbonyl (C=O) groups excluding carboxylic acids is 2. The number of carbonyl (C=O) groups is 2. The third kappa shape index (κ3) is 3.53. The minimum absolute atomic E-state index is 0.249. The second-order valence-corrected chi connectivity index (χ2v) is 6.24. The molecule has 2 saturated heterocycles. The second-order valence-electron chi connectivity index (χ2n) is 6.24. The van der Waals surface area contributed by atoms with Gasteiger partial charge in [0.15, 0.2) is 0 Å². The maximum absolute atomic E-state index is 12.2. The van der Waals surface area contributed by atoms with E-state index >= 15 is 0 Å². The molecular weight excluding hydrogens is 252 g/mol. The molecule has 0 bridgehead atoms. The van der Waals surface area contributed by atoms with Crippen molar-refractivity contribution in [3.05, 3.63) is 0 Å². The quantitative estimate of drug-likeness (QED) is 0.776. The molecular formula is C16H28N2O2. The summed E-state index contributed by atoms with van der Waals surface area (Å²) >= 11 is 0. The summed E-state index contributed by atoms with van der Waals surface area (Å²) < 4.78 is 0. The van der Waals surface area contributed by atoms with Gasteiger partial charge in [-0.15, -0.1) is 0 Å². The van der Waals surface area contributed by atoms with Crippen LogP contribution in [0.15, 0.2) is 0 Å². The van der Waals surface area contributed by atoms with E-state index in [2.05, 4.69) is 18.7 Å². The van der Waals surface area contributed by atoms with E-state index in [9.17, 15) is 9.59 Å². The van der Waals surface area contributed by atoms with Gasteiger partial charge in [0.1, 0.15) is 0 Å². The predicted molar refractivity (Wildman–Crippen MR) is 79.3 cm³/mol. The molecule has 0 spiro atoms. The molecule has 2 atom stereocenters. The summed E-state index contributed by atoms with van der Waals surface area (Å²) in [5.74, 6) is 0.601. The lowest BCUT2D eigenvalue weighted by Crippen LogP contribution is -2.44. The number of rotatable bonds is 5. The summed E-state index contributed by atoms with van der Waals surface area (Å²) in [5, 5.41) is 0. The molecule has 0 saturated carbocycles. The van der Waals surface area contributed by atoms with Gasteiger partial charge in [-0.05, 0) is 39.0 Å².